The van der Waals surface area contributed by atoms with Gasteiger partial charge in [0.2, 0.25) is 5.13 Å². The minimum absolute atomic E-state index is 0.0729. The third-order valence-corrected chi connectivity index (χ3v) is 5.52. The summed E-state index contributed by atoms with van der Waals surface area (Å²) in [5.74, 6) is -0.460. The van der Waals surface area contributed by atoms with Gasteiger partial charge in [-0.3, -0.25) is 14.5 Å². The van der Waals surface area contributed by atoms with E-state index in [9.17, 15) is 9.59 Å². The number of carboxylic acids is 1. The Morgan fingerprint density at radius 1 is 1.38 bits per heavy atom. The Kier molecular flexibility index (Phi) is 6.99. The molecule has 0 bridgehead atoms. The van der Waals surface area contributed by atoms with Crippen molar-refractivity contribution in [3.63, 3.8) is 0 Å². The van der Waals surface area contributed by atoms with Gasteiger partial charge in [0.1, 0.15) is 10.8 Å². The van der Waals surface area contributed by atoms with Gasteiger partial charge in [-0.2, -0.15) is 4.99 Å². The Balaban J connectivity index is 1.81. The molecule has 2 heterocycles. The molecule has 0 radical (unpaired) electrons. The van der Waals surface area contributed by atoms with Gasteiger partial charge in [0.05, 0.1) is 17.9 Å². The SMILES string of the molecule is CCCN1C(=O)/C(=C\c2cccc(OCCC(=O)O)c2)S/C1=N/c1nnc(C)s1. The van der Waals surface area contributed by atoms with Gasteiger partial charge in [-0.25, -0.2) is 0 Å². The number of rotatable bonds is 8. The van der Waals surface area contributed by atoms with Crippen molar-refractivity contribution in [2.24, 2.45) is 4.99 Å². The van der Waals surface area contributed by atoms with E-state index in [4.69, 9.17) is 9.84 Å². The fraction of sp³-hybridized carbons (Fsp3) is 0.316. The van der Waals surface area contributed by atoms with E-state index in [-0.39, 0.29) is 18.9 Å². The highest BCUT2D eigenvalue weighted by atomic mass is 32.2. The van der Waals surface area contributed by atoms with Crippen LogP contribution >= 0.6 is 23.1 Å². The maximum atomic E-state index is 12.9. The van der Waals surface area contributed by atoms with Crippen molar-refractivity contribution >= 4 is 51.4 Å². The second-order valence-corrected chi connectivity index (χ2v) is 8.30. The van der Waals surface area contributed by atoms with E-state index >= 15 is 0 Å². The normalized spacial score (nSPS) is 16.8. The van der Waals surface area contributed by atoms with Gasteiger partial charge in [0, 0.05) is 6.54 Å². The molecule has 1 aliphatic heterocycles. The number of benzene rings is 1. The number of nitrogens with zero attached hydrogens (tertiary/aromatic N) is 4. The summed E-state index contributed by atoms with van der Waals surface area (Å²) in [6.45, 7) is 4.52. The number of aryl methyl sites for hydroxylation is 1. The molecule has 8 nitrogen and oxygen atoms in total. The number of carbonyl (C=O) groups is 2. The maximum absolute atomic E-state index is 12.9. The monoisotopic (exact) mass is 432 g/mol. The van der Waals surface area contributed by atoms with Crippen molar-refractivity contribution in [3.05, 3.63) is 39.7 Å². The lowest BCUT2D eigenvalue weighted by atomic mass is 10.2. The molecule has 29 heavy (non-hydrogen) atoms. The molecule has 1 N–H and O–H groups in total. The quantitative estimate of drug-likeness (QED) is 0.634. The van der Waals surface area contributed by atoms with Crippen molar-refractivity contribution < 1.29 is 19.4 Å². The fourth-order valence-corrected chi connectivity index (χ4v) is 4.15. The molecule has 1 amide bonds. The minimum Gasteiger partial charge on any atom is -0.493 e. The Bertz CT molecular complexity index is 971. The topological polar surface area (TPSA) is 105 Å². The molecule has 10 heteroatoms. The van der Waals surface area contributed by atoms with Crippen LogP contribution < -0.4 is 4.74 Å². The van der Waals surface area contributed by atoms with Crippen LogP contribution in [0.2, 0.25) is 0 Å². The van der Waals surface area contributed by atoms with Crippen molar-refractivity contribution in [2.75, 3.05) is 13.2 Å². The highest BCUT2D eigenvalue weighted by Gasteiger charge is 2.33. The van der Waals surface area contributed by atoms with E-state index < -0.39 is 5.97 Å². The molecule has 3 rings (SSSR count). The fourth-order valence-electron chi connectivity index (χ4n) is 2.53. The molecule has 1 fully saturated rings. The molecule has 0 atom stereocenters. The molecule has 152 valence electrons. The third-order valence-electron chi connectivity index (χ3n) is 3.78. The predicted octanol–water partition coefficient (Wildman–Crippen LogP) is 3.71. The van der Waals surface area contributed by atoms with Crippen LogP contribution in [0.15, 0.2) is 34.2 Å². The number of hydrogen-bond acceptors (Lipinski definition) is 8. The summed E-state index contributed by atoms with van der Waals surface area (Å²) in [6.07, 6.45) is 2.52. The summed E-state index contributed by atoms with van der Waals surface area (Å²) in [5, 5.41) is 18.6. The van der Waals surface area contributed by atoms with Crippen molar-refractivity contribution in [2.45, 2.75) is 26.7 Å². The molecule has 2 aromatic rings. The number of hydrogen-bond donors (Lipinski definition) is 1. The first kappa shape index (κ1) is 21.0. The first-order chi connectivity index (χ1) is 14.0. The van der Waals surface area contributed by atoms with E-state index in [0.29, 0.717) is 27.5 Å². The molecular weight excluding hydrogens is 412 g/mol. The van der Waals surface area contributed by atoms with Crippen LogP contribution in [0.4, 0.5) is 5.13 Å². The van der Waals surface area contributed by atoms with Gasteiger partial charge >= 0.3 is 5.97 Å². The first-order valence-corrected chi connectivity index (χ1v) is 10.6. The third kappa shape index (κ3) is 5.64. The van der Waals surface area contributed by atoms with Gasteiger partial charge in [-0.05, 0) is 48.9 Å². The Morgan fingerprint density at radius 2 is 2.21 bits per heavy atom. The zero-order chi connectivity index (χ0) is 20.8. The molecule has 0 aliphatic carbocycles. The van der Waals surface area contributed by atoms with E-state index in [1.165, 1.54) is 23.1 Å². The molecular formula is C19H20N4O4S2. The van der Waals surface area contributed by atoms with Crippen molar-refractivity contribution in [3.8, 4) is 5.75 Å². The molecule has 0 unspecified atom stereocenters. The largest absolute Gasteiger partial charge is 0.493 e. The summed E-state index contributed by atoms with van der Waals surface area (Å²) in [5.41, 5.74) is 0.790. The summed E-state index contributed by atoms with van der Waals surface area (Å²) < 4.78 is 5.46. The van der Waals surface area contributed by atoms with E-state index in [0.717, 1.165) is 17.0 Å². The van der Waals surface area contributed by atoms with Gasteiger partial charge < -0.3 is 9.84 Å². The highest BCUT2D eigenvalue weighted by molar-refractivity contribution is 8.18. The number of carbonyl (C=O) groups excluding carboxylic acids is 1. The summed E-state index contributed by atoms with van der Waals surface area (Å²) in [6, 6.07) is 7.19. The average Bonchev–Trinajstić information content (AvgIpc) is 3.20. The van der Waals surface area contributed by atoms with Gasteiger partial charge in [-0.15, -0.1) is 10.2 Å². The lowest BCUT2D eigenvalue weighted by molar-refractivity contribution is -0.137. The molecule has 0 saturated carbocycles. The van der Waals surface area contributed by atoms with Gasteiger partial charge in [0.25, 0.3) is 5.91 Å². The van der Waals surface area contributed by atoms with Crippen LogP contribution in [-0.4, -0.2) is 50.4 Å². The lowest BCUT2D eigenvalue weighted by Crippen LogP contribution is -2.29. The second kappa shape index (κ2) is 9.66. The summed E-state index contributed by atoms with van der Waals surface area (Å²) in [4.78, 5) is 30.2. The number of ether oxygens (including phenoxy) is 1. The maximum Gasteiger partial charge on any atom is 0.306 e. The van der Waals surface area contributed by atoms with Crippen LogP contribution in [0.25, 0.3) is 6.08 Å². The van der Waals surface area contributed by atoms with Crippen LogP contribution in [0.3, 0.4) is 0 Å². The zero-order valence-corrected chi connectivity index (χ0v) is 17.6. The van der Waals surface area contributed by atoms with Crippen molar-refractivity contribution in [1.29, 1.82) is 0 Å². The van der Waals surface area contributed by atoms with Crippen molar-refractivity contribution in [1.82, 2.24) is 15.1 Å². The molecule has 0 spiro atoms. The highest BCUT2D eigenvalue weighted by Crippen LogP contribution is 2.35. The van der Waals surface area contributed by atoms with E-state index in [1.54, 1.807) is 29.2 Å². The smallest absolute Gasteiger partial charge is 0.306 e. The number of amidine groups is 1. The number of amides is 1. The second-order valence-electron chi connectivity index (χ2n) is 6.13. The van der Waals surface area contributed by atoms with E-state index in [1.807, 2.05) is 19.9 Å². The molecule has 1 aromatic heterocycles. The van der Waals surface area contributed by atoms with Crippen LogP contribution in [0.5, 0.6) is 5.75 Å². The summed E-state index contributed by atoms with van der Waals surface area (Å²) in [7, 11) is 0. The van der Waals surface area contributed by atoms with Gasteiger partial charge in [0.15, 0.2) is 5.17 Å². The number of aliphatic carboxylic acids is 1. The van der Waals surface area contributed by atoms with Crippen LogP contribution in [0, 0.1) is 6.92 Å². The first-order valence-electron chi connectivity index (χ1n) is 9.01. The number of carboxylic acid groups (broad SMARTS) is 1. The van der Waals surface area contributed by atoms with Crippen LogP contribution in [-0.2, 0) is 9.59 Å². The Labute approximate surface area is 176 Å². The lowest BCUT2D eigenvalue weighted by Gasteiger charge is -2.13. The molecule has 1 aliphatic rings. The Hall–Kier alpha value is -2.72. The Morgan fingerprint density at radius 3 is 2.90 bits per heavy atom. The molecule has 1 aromatic carbocycles. The number of aromatic nitrogens is 2. The van der Waals surface area contributed by atoms with Crippen LogP contribution in [0.1, 0.15) is 30.3 Å². The minimum atomic E-state index is -0.912. The van der Waals surface area contributed by atoms with Gasteiger partial charge in [-0.1, -0.05) is 30.4 Å². The standard InChI is InChI=1S/C19H20N4O4S2/c1-3-8-23-17(26)15(29-19(23)20-18-22-21-12(2)28-18)11-13-5-4-6-14(10-13)27-9-7-16(24)25/h4-6,10-11H,3,7-9H2,1-2H3,(H,24,25)/b15-11+,20-19+. The molecule has 1 saturated heterocycles. The zero-order valence-electron chi connectivity index (χ0n) is 16.0. The number of aliphatic imine (C=N–C) groups is 1. The predicted molar refractivity (Wildman–Crippen MR) is 114 cm³/mol. The van der Waals surface area contributed by atoms with E-state index in [2.05, 4.69) is 15.2 Å². The average molecular weight is 433 g/mol. The number of thioether (sulfide) groups is 1. The summed E-state index contributed by atoms with van der Waals surface area (Å²) >= 11 is 2.68.